The molecule has 2 saturated heterocycles. The Morgan fingerprint density at radius 3 is 1.37 bits per heavy atom. The van der Waals surface area contributed by atoms with Crippen LogP contribution in [0.5, 0.6) is 11.5 Å². The number of benzene rings is 2. The third-order valence-electron chi connectivity index (χ3n) is 7.12. The number of methoxy groups -OCH3 is 2. The second kappa shape index (κ2) is 11.7. The van der Waals surface area contributed by atoms with E-state index in [-0.39, 0.29) is 12.2 Å². The summed E-state index contributed by atoms with van der Waals surface area (Å²) in [4.78, 5) is 0. The molecule has 2 N–H and O–H groups in total. The number of rotatable bonds is 10. The largest absolute Gasteiger partial charge is 0.488 e. The monoisotopic (exact) mass is 482 g/mol. The molecule has 2 aromatic carbocycles. The maximum absolute atomic E-state index is 6.41. The number of nitrogens with one attached hydrogen (secondary N) is 2. The Bertz CT molecular complexity index is 883. The summed E-state index contributed by atoms with van der Waals surface area (Å²) in [7, 11) is 3.50. The van der Waals surface area contributed by atoms with Gasteiger partial charge in [-0.2, -0.15) is 0 Å². The van der Waals surface area contributed by atoms with Gasteiger partial charge >= 0.3 is 0 Å². The van der Waals surface area contributed by atoms with Crippen molar-refractivity contribution in [3.63, 3.8) is 0 Å². The minimum Gasteiger partial charge on any atom is -0.488 e. The molecule has 0 bridgehead atoms. The molecule has 2 aliphatic rings. The summed E-state index contributed by atoms with van der Waals surface area (Å²) in [6.45, 7) is 11.8. The van der Waals surface area contributed by atoms with E-state index >= 15 is 0 Å². The molecule has 0 aromatic heterocycles. The first-order chi connectivity index (χ1) is 16.9. The first kappa shape index (κ1) is 26.0. The maximum atomic E-state index is 6.41. The average Bonchev–Trinajstić information content (AvgIpc) is 3.43. The van der Waals surface area contributed by atoms with Gasteiger partial charge in [-0.25, -0.2) is 0 Å². The van der Waals surface area contributed by atoms with Crippen molar-refractivity contribution in [1.82, 2.24) is 10.6 Å². The standard InChI is InChI=1S/C29H42N2O4/c1-18-7-22(8-19(2)28(18)34-26-12-24(16-32-5)30-14-26)11-23-9-20(3)29(21(4)10-23)35-27-13-25(17-33-6)31-15-27/h7-10,24-27,30-31H,11-17H2,1-6H3/t24-,25-,26-,27-/m0/s1. The van der Waals surface area contributed by atoms with Crippen LogP contribution < -0.4 is 20.1 Å². The molecule has 0 radical (unpaired) electrons. The van der Waals surface area contributed by atoms with Gasteiger partial charge in [-0.15, -0.1) is 0 Å². The number of ether oxygens (including phenoxy) is 4. The van der Waals surface area contributed by atoms with Crippen molar-refractivity contribution >= 4 is 0 Å². The molecule has 6 heteroatoms. The van der Waals surface area contributed by atoms with Crippen molar-refractivity contribution in [2.24, 2.45) is 0 Å². The van der Waals surface area contributed by atoms with E-state index in [9.17, 15) is 0 Å². The molecule has 0 amide bonds. The summed E-state index contributed by atoms with van der Waals surface area (Å²) in [5.41, 5.74) is 7.41. The van der Waals surface area contributed by atoms with E-state index in [2.05, 4.69) is 62.6 Å². The van der Waals surface area contributed by atoms with Gasteiger partial charge in [0.05, 0.1) is 13.2 Å². The molecule has 6 nitrogen and oxygen atoms in total. The quantitative estimate of drug-likeness (QED) is 0.533. The Kier molecular flexibility index (Phi) is 8.71. The highest BCUT2D eigenvalue weighted by atomic mass is 16.5. The van der Waals surface area contributed by atoms with Gasteiger partial charge in [-0.1, -0.05) is 24.3 Å². The van der Waals surface area contributed by atoms with Crippen molar-refractivity contribution in [1.29, 1.82) is 0 Å². The Hall–Kier alpha value is -2.12. The molecule has 2 fully saturated rings. The second-order valence-corrected chi connectivity index (χ2v) is 10.4. The van der Waals surface area contributed by atoms with Crippen molar-refractivity contribution in [2.45, 2.75) is 71.2 Å². The molecule has 4 rings (SSSR count). The van der Waals surface area contributed by atoms with E-state index in [1.807, 2.05) is 0 Å². The van der Waals surface area contributed by atoms with E-state index in [1.54, 1.807) is 14.2 Å². The zero-order valence-electron chi connectivity index (χ0n) is 22.2. The first-order valence-electron chi connectivity index (χ1n) is 12.8. The van der Waals surface area contributed by atoms with E-state index in [0.29, 0.717) is 12.1 Å². The van der Waals surface area contributed by atoms with Gasteiger partial charge in [0.1, 0.15) is 23.7 Å². The molecule has 192 valence electrons. The van der Waals surface area contributed by atoms with E-state index in [4.69, 9.17) is 18.9 Å². The van der Waals surface area contributed by atoms with Gasteiger partial charge in [0.2, 0.25) is 0 Å². The van der Waals surface area contributed by atoms with Crippen LogP contribution in [0.15, 0.2) is 24.3 Å². The average molecular weight is 483 g/mol. The van der Waals surface area contributed by atoms with Gasteiger partial charge in [0.15, 0.2) is 0 Å². The predicted octanol–water partition coefficient (Wildman–Crippen LogP) is 4.02. The molecule has 4 atom stereocenters. The Balaban J connectivity index is 1.41. The Morgan fingerprint density at radius 1 is 0.657 bits per heavy atom. The summed E-state index contributed by atoms with van der Waals surface area (Å²) in [6.07, 6.45) is 3.23. The molecular weight excluding hydrogens is 440 g/mol. The number of hydrogen-bond acceptors (Lipinski definition) is 6. The molecule has 0 aliphatic carbocycles. The fraction of sp³-hybridized carbons (Fsp3) is 0.586. The molecule has 2 heterocycles. The normalized spacial score (nSPS) is 24.2. The lowest BCUT2D eigenvalue weighted by Crippen LogP contribution is -2.26. The van der Waals surface area contributed by atoms with Crippen LogP contribution in [-0.2, 0) is 15.9 Å². The summed E-state index contributed by atoms with van der Waals surface area (Å²) < 4.78 is 23.4. The lowest BCUT2D eigenvalue weighted by Gasteiger charge is -2.20. The Labute approximate surface area is 210 Å². The van der Waals surface area contributed by atoms with Crippen LogP contribution in [0, 0.1) is 27.7 Å². The van der Waals surface area contributed by atoms with Crippen LogP contribution in [0.25, 0.3) is 0 Å². The second-order valence-electron chi connectivity index (χ2n) is 10.4. The minimum absolute atomic E-state index is 0.191. The summed E-state index contributed by atoms with van der Waals surface area (Å²) in [5.74, 6) is 2.04. The van der Waals surface area contributed by atoms with Crippen LogP contribution >= 0.6 is 0 Å². The van der Waals surface area contributed by atoms with E-state index in [0.717, 1.165) is 57.1 Å². The smallest absolute Gasteiger partial charge is 0.125 e. The fourth-order valence-electron chi connectivity index (χ4n) is 5.62. The third kappa shape index (κ3) is 6.56. The van der Waals surface area contributed by atoms with Crippen LogP contribution in [0.1, 0.15) is 46.2 Å². The minimum atomic E-state index is 0.191. The lowest BCUT2D eigenvalue weighted by molar-refractivity contribution is 0.163. The van der Waals surface area contributed by atoms with Gasteiger partial charge in [-0.3, -0.25) is 0 Å². The highest BCUT2D eigenvalue weighted by Crippen LogP contribution is 2.31. The van der Waals surface area contributed by atoms with Gasteiger partial charge in [-0.05, 0) is 67.5 Å². The van der Waals surface area contributed by atoms with Gasteiger partial charge in [0.25, 0.3) is 0 Å². The zero-order chi connectivity index (χ0) is 24.9. The molecule has 2 aromatic rings. The van der Waals surface area contributed by atoms with Crippen LogP contribution in [0.2, 0.25) is 0 Å². The zero-order valence-corrected chi connectivity index (χ0v) is 22.2. The van der Waals surface area contributed by atoms with Crippen molar-refractivity contribution in [3.8, 4) is 11.5 Å². The Morgan fingerprint density at radius 2 is 1.03 bits per heavy atom. The molecule has 35 heavy (non-hydrogen) atoms. The highest BCUT2D eigenvalue weighted by Gasteiger charge is 2.27. The molecule has 0 unspecified atom stereocenters. The lowest BCUT2D eigenvalue weighted by atomic mass is 9.97. The predicted molar refractivity (Wildman–Crippen MR) is 140 cm³/mol. The van der Waals surface area contributed by atoms with E-state index < -0.39 is 0 Å². The van der Waals surface area contributed by atoms with E-state index in [1.165, 1.54) is 33.4 Å². The van der Waals surface area contributed by atoms with Crippen molar-refractivity contribution in [3.05, 3.63) is 57.6 Å². The van der Waals surface area contributed by atoms with Gasteiger partial charge in [0, 0.05) is 52.2 Å². The third-order valence-corrected chi connectivity index (χ3v) is 7.12. The highest BCUT2D eigenvalue weighted by molar-refractivity contribution is 5.48. The number of aryl methyl sites for hydroxylation is 4. The molecule has 2 aliphatic heterocycles. The number of hydrogen-bond donors (Lipinski definition) is 2. The summed E-state index contributed by atoms with van der Waals surface area (Å²) in [6, 6.07) is 9.83. The van der Waals surface area contributed by atoms with Crippen molar-refractivity contribution < 1.29 is 18.9 Å². The van der Waals surface area contributed by atoms with Crippen LogP contribution in [0.4, 0.5) is 0 Å². The molecule has 0 spiro atoms. The summed E-state index contributed by atoms with van der Waals surface area (Å²) >= 11 is 0. The van der Waals surface area contributed by atoms with Crippen LogP contribution in [0.3, 0.4) is 0 Å². The van der Waals surface area contributed by atoms with Gasteiger partial charge < -0.3 is 29.6 Å². The SMILES string of the molecule is COC[C@@H]1C[C@H](Oc2c(C)cc(Cc3cc(C)c(O[C@@H]4CN[C@H](COC)C4)c(C)c3)cc2C)CN1. The first-order valence-corrected chi connectivity index (χ1v) is 12.8. The fourth-order valence-corrected chi connectivity index (χ4v) is 5.62. The summed E-state index contributed by atoms with van der Waals surface area (Å²) in [5, 5.41) is 6.97. The molecular formula is C29H42N2O4. The maximum Gasteiger partial charge on any atom is 0.125 e. The van der Waals surface area contributed by atoms with Crippen LogP contribution in [-0.4, -0.2) is 64.8 Å². The topological polar surface area (TPSA) is 61.0 Å². The molecule has 0 saturated carbocycles. The van der Waals surface area contributed by atoms with Crippen molar-refractivity contribution in [2.75, 3.05) is 40.5 Å².